The largest absolute Gasteiger partial charge is 0.373 e. The predicted molar refractivity (Wildman–Crippen MR) is 66.1 cm³/mol. The highest BCUT2D eigenvalue weighted by atomic mass is 79.9. The summed E-state index contributed by atoms with van der Waals surface area (Å²) < 4.78 is 7.45. The van der Waals surface area contributed by atoms with Gasteiger partial charge in [-0.05, 0) is 18.2 Å². The molecule has 0 spiro atoms. The Labute approximate surface area is 100 Å². The molecule has 0 fully saturated rings. The molecule has 0 aliphatic carbocycles. The van der Waals surface area contributed by atoms with Crippen LogP contribution in [0.25, 0.3) is 10.2 Å². The normalized spacial score (nSPS) is 13.3. The van der Waals surface area contributed by atoms with E-state index >= 15 is 0 Å². The third-order valence-corrected chi connectivity index (χ3v) is 3.76. The zero-order valence-corrected chi connectivity index (χ0v) is 10.6. The highest BCUT2D eigenvalue weighted by molar-refractivity contribution is 9.10. The van der Waals surface area contributed by atoms with Crippen LogP contribution >= 0.6 is 27.3 Å². The Morgan fingerprint density at radius 2 is 2.40 bits per heavy atom. The van der Waals surface area contributed by atoms with Gasteiger partial charge < -0.3 is 10.5 Å². The van der Waals surface area contributed by atoms with Gasteiger partial charge in [-0.25, -0.2) is 4.98 Å². The SMILES string of the molecule is COC(CN)c1nc2cc(Br)ccc2s1. The number of rotatable bonds is 3. The third kappa shape index (κ3) is 2.20. The van der Waals surface area contributed by atoms with Crippen molar-refractivity contribution in [3.8, 4) is 0 Å². The van der Waals surface area contributed by atoms with Gasteiger partial charge in [0, 0.05) is 18.1 Å². The monoisotopic (exact) mass is 286 g/mol. The minimum atomic E-state index is -0.0961. The molecule has 15 heavy (non-hydrogen) atoms. The predicted octanol–water partition coefficient (Wildman–Crippen LogP) is 2.71. The van der Waals surface area contributed by atoms with Gasteiger partial charge in [0.15, 0.2) is 0 Å². The van der Waals surface area contributed by atoms with E-state index < -0.39 is 0 Å². The summed E-state index contributed by atoms with van der Waals surface area (Å²) in [6.45, 7) is 0.456. The first-order chi connectivity index (χ1) is 7.24. The molecule has 1 aromatic carbocycles. The Balaban J connectivity index is 2.46. The topological polar surface area (TPSA) is 48.1 Å². The summed E-state index contributed by atoms with van der Waals surface area (Å²) in [7, 11) is 1.65. The molecule has 0 saturated carbocycles. The maximum atomic E-state index is 5.60. The Morgan fingerprint density at radius 1 is 1.60 bits per heavy atom. The van der Waals surface area contributed by atoms with E-state index in [-0.39, 0.29) is 6.10 Å². The maximum Gasteiger partial charge on any atom is 0.124 e. The number of benzene rings is 1. The van der Waals surface area contributed by atoms with Crippen molar-refractivity contribution in [1.29, 1.82) is 0 Å². The molecule has 2 N–H and O–H groups in total. The van der Waals surface area contributed by atoms with Crippen molar-refractivity contribution in [2.75, 3.05) is 13.7 Å². The van der Waals surface area contributed by atoms with Crippen molar-refractivity contribution in [2.24, 2.45) is 5.73 Å². The first-order valence-corrected chi connectivity index (χ1v) is 6.14. The molecule has 3 nitrogen and oxygen atoms in total. The molecule has 2 rings (SSSR count). The molecule has 0 aliphatic heterocycles. The molecule has 0 amide bonds. The van der Waals surface area contributed by atoms with Crippen LogP contribution in [0.1, 0.15) is 11.1 Å². The summed E-state index contributed by atoms with van der Waals surface area (Å²) in [6.07, 6.45) is -0.0961. The lowest BCUT2D eigenvalue weighted by Gasteiger charge is -2.07. The smallest absolute Gasteiger partial charge is 0.124 e. The molecule has 1 aromatic heterocycles. The number of thiazole rings is 1. The lowest BCUT2D eigenvalue weighted by molar-refractivity contribution is 0.110. The van der Waals surface area contributed by atoms with Gasteiger partial charge in [-0.15, -0.1) is 11.3 Å². The average molecular weight is 287 g/mol. The zero-order chi connectivity index (χ0) is 10.8. The number of nitrogens with zero attached hydrogens (tertiary/aromatic N) is 1. The maximum absolute atomic E-state index is 5.60. The molecule has 5 heteroatoms. The highest BCUT2D eigenvalue weighted by Gasteiger charge is 2.13. The number of halogens is 1. The molecule has 0 radical (unpaired) electrons. The minimum absolute atomic E-state index is 0.0961. The summed E-state index contributed by atoms with van der Waals surface area (Å²) in [5.41, 5.74) is 6.59. The van der Waals surface area contributed by atoms with Crippen molar-refractivity contribution < 1.29 is 4.74 Å². The Morgan fingerprint density at radius 3 is 3.07 bits per heavy atom. The van der Waals surface area contributed by atoms with E-state index in [0.29, 0.717) is 6.54 Å². The van der Waals surface area contributed by atoms with Gasteiger partial charge >= 0.3 is 0 Å². The van der Waals surface area contributed by atoms with Crippen molar-refractivity contribution >= 4 is 37.5 Å². The fourth-order valence-electron chi connectivity index (χ4n) is 1.35. The summed E-state index contributed by atoms with van der Waals surface area (Å²) in [5.74, 6) is 0. The fourth-order valence-corrected chi connectivity index (χ4v) is 2.74. The van der Waals surface area contributed by atoms with Gasteiger partial charge in [0.2, 0.25) is 0 Å². The third-order valence-electron chi connectivity index (χ3n) is 2.14. The molecule has 1 heterocycles. The van der Waals surface area contributed by atoms with Crippen molar-refractivity contribution in [1.82, 2.24) is 4.98 Å². The van der Waals surface area contributed by atoms with E-state index in [9.17, 15) is 0 Å². The van der Waals surface area contributed by atoms with Crippen LogP contribution in [0.3, 0.4) is 0 Å². The van der Waals surface area contributed by atoms with E-state index in [4.69, 9.17) is 10.5 Å². The molecule has 0 aliphatic rings. The highest BCUT2D eigenvalue weighted by Crippen LogP contribution is 2.29. The van der Waals surface area contributed by atoms with E-state index in [1.807, 2.05) is 18.2 Å². The van der Waals surface area contributed by atoms with Crippen LogP contribution in [-0.2, 0) is 4.74 Å². The first-order valence-electron chi connectivity index (χ1n) is 4.53. The Hall–Kier alpha value is -0.490. The number of ether oxygens (including phenoxy) is 1. The number of methoxy groups -OCH3 is 1. The second-order valence-electron chi connectivity index (χ2n) is 3.12. The van der Waals surface area contributed by atoms with Gasteiger partial charge in [0.05, 0.1) is 10.2 Å². The van der Waals surface area contributed by atoms with Crippen LogP contribution in [0.15, 0.2) is 22.7 Å². The van der Waals surface area contributed by atoms with E-state index in [1.165, 1.54) is 0 Å². The second kappa shape index (κ2) is 4.57. The van der Waals surface area contributed by atoms with Gasteiger partial charge in [-0.1, -0.05) is 15.9 Å². The van der Waals surface area contributed by atoms with E-state index in [1.54, 1.807) is 18.4 Å². The van der Waals surface area contributed by atoms with Crippen LogP contribution in [0.5, 0.6) is 0 Å². The first kappa shape index (κ1) is 11.0. The summed E-state index contributed by atoms with van der Waals surface area (Å²) in [6, 6.07) is 6.05. The summed E-state index contributed by atoms with van der Waals surface area (Å²) >= 11 is 5.05. The number of fused-ring (bicyclic) bond motifs is 1. The van der Waals surface area contributed by atoms with Gasteiger partial charge in [-0.2, -0.15) is 0 Å². The quantitative estimate of drug-likeness (QED) is 0.944. The van der Waals surface area contributed by atoms with Gasteiger partial charge in [-0.3, -0.25) is 0 Å². The fraction of sp³-hybridized carbons (Fsp3) is 0.300. The second-order valence-corrected chi connectivity index (χ2v) is 5.10. The number of aromatic nitrogens is 1. The average Bonchev–Trinajstić information content (AvgIpc) is 2.62. The van der Waals surface area contributed by atoms with Crippen LogP contribution in [0.2, 0.25) is 0 Å². The zero-order valence-electron chi connectivity index (χ0n) is 8.24. The Bertz CT molecular complexity index is 467. The molecule has 2 aromatic rings. The molecule has 80 valence electrons. The van der Waals surface area contributed by atoms with Crippen LogP contribution in [0, 0.1) is 0 Å². The number of nitrogens with two attached hydrogens (primary N) is 1. The van der Waals surface area contributed by atoms with Gasteiger partial charge in [0.1, 0.15) is 11.1 Å². The van der Waals surface area contributed by atoms with E-state index in [0.717, 1.165) is 19.7 Å². The molecule has 1 unspecified atom stereocenters. The summed E-state index contributed by atoms with van der Waals surface area (Å²) in [5, 5.41) is 0.938. The van der Waals surface area contributed by atoms with Crippen molar-refractivity contribution in [2.45, 2.75) is 6.10 Å². The lowest BCUT2D eigenvalue weighted by atomic mass is 10.3. The lowest BCUT2D eigenvalue weighted by Crippen LogP contribution is -2.13. The van der Waals surface area contributed by atoms with Crippen LogP contribution in [-0.4, -0.2) is 18.6 Å². The molecule has 1 atom stereocenters. The molecular formula is C10H11BrN2OS. The number of hydrogen-bond donors (Lipinski definition) is 1. The van der Waals surface area contributed by atoms with Crippen molar-refractivity contribution in [3.05, 3.63) is 27.7 Å². The molecular weight excluding hydrogens is 276 g/mol. The standard InChI is InChI=1S/C10H11BrN2OS/c1-14-8(5-12)10-13-7-4-6(11)2-3-9(7)15-10/h2-4,8H,5,12H2,1H3. The van der Waals surface area contributed by atoms with Crippen molar-refractivity contribution in [3.63, 3.8) is 0 Å². The van der Waals surface area contributed by atoms with Crippen LogP contribution in [0.4, 0.5) is 0 Å². The minimum Gasteiger partial charge on any atom is -0.373 e. The van der Waals surface area contributed by atoms with Gasteiger partial charge in [0.25, 0.3) is 0 Å². The van der Waals surface area contributed by atoms with Crippen LogP contribution < -0.4 is 5.73 Å². The number of hydrogen-bond acceptors (Lipinski definition) is 4. The summed E-state index contributed by atoms with van der Waals surface area (Å²) in [4.78, 5) is 4.50. The Kier molecular flexibility index (Phi) is 3.35. The molecule has 0 bridgehead atoms. The van der Waals surface area contributed by atoms with E-state index in [2.05, 4.69) is 20.9 Å². The molecule has 0 saturated heterocycles.